The number of nitrogens with two attached hydrogens (primary N) is 1. The van der Waals surface area contributed by atoms with E-state index in [1.54, 1.807) is 6.92 Å². The van der Waals surface area contributed by atoms with Crippen LogP contribution in [-0.4, -0.2) is 22.5 Å². The molecule has 2 rings (SSSR count). The van der Waals surface area contributed by atoms with E-state index in [-0.39, 0.29) is 16.4 Å². The first-order valence-electron chi connectivity index (χ1n) is 6.64. The van der Waals surface area contributed by atoms with Crippen molar-refractivity contribution in [3.8, 4) is 5.75 Å². The monoisotopic (exact) mass is 315 g/mol. The van der Waals surface area contributed by atoms with Crippen molar-refractivity contribution in [2.75, 3.05) is 7.11 Å². The predicted octanol–water partition coefficient (Wildman–Crippen LogP) is 3.22. The van der Waals surface area contributed by atoms with E-state index in [1.165, 1.54) is 24.9 Å². The summed E-state index contributed by atoms with van der Waals surface area (Å²) in [7, 11) is 1.31. The molecule has 1 aromatic rings. The summed E-state index contributed by atoms with van der Waals surface area (Å²) in [4.78, 5) is 11.7. The van der Waals surface area contributed by atoms with E-state index in [0.717, 1.165) is 6.07 Å². The molecule has 6 heteroatoms. The fourth-order valence-electron chi connectivity index (χ4n) is 2.99. The van der Waals surface area contributed by atoms with Crippen LogP contribution in [0.1, 0.15) is 38.7 Å². The van der Waals surface area contributed by atoms with Crippen molar-refractivity contribution < 1.29 is 18.3 Å². The number of halogens is 2. The largest absolute Gasteiger partial charge is 0.493 e. The smallest absolute Gasteiger partial charge is 0.233 e. The normalized spacial score (nSPS) is 27.6. The molecular weight excluding hydrogens is 296 g/mol. The van der Waals surface area contributed by atoms with E-state index < -0.39 is 22.3 Å². The Labute approximate surface area is 127 Å². The van der Waals surface area contributed by atoms with Crippen LogP contribution in [0.25, 0.3) is 0 Å². The Hall–Kier alpha value is -1.30. The summed E-state index contributed by atoms with van der Waals surface area (Å²) in [5.41, 5.74) is 6.06. The van der Waals surface area contributed by atoms with Crippen LogP contribution < -0.4 is 10.5 Å². The van der Waals surface area contributed by atoms with Crippen molar-refractivity contribution in [3.63, 3.8) is 0 Å². The van der Waals surface area contributed by atoms with Crippen molar-refractivity contribution >= 4 is 17.7 Å². The van der Waals surface area contributed by atoms with E-state index in [9.17, 15) is 13.6 Å². The quantitative estimate of drug-likeness (QED) is 0.932. The van der Waals surface area contributed by atoms with Crippen molar-refractivity contribution in [3.05, 3.63) is 29.3 Å². The Balaban J connectivity index is 2.52. The van der Waals surface area contributed by atoms with Gasteiger partial charge in [-0.15, -0.1) is 11.8 Å². The Morgan fingerprint density at radius 2 is 2.00 bits per heavy atom. The Morgan fingerprint density at radius 1 is 1.38 bits per heavy atom. The second-order valence-corrected chi connectivity index (χ2v) is 8.20. The zero-order valence-electron chi connectivity index (χ0n) is 12.5. The Kier molecular flexibility index (Phi) is 3.95. The third-order valence-electron chi connectivity index (χ3n) is 4.10. The van der Waals surface area contributed by atoms with Gasteiger partial charge in [0.25, 0.3) is 0 Å². The molecule has 21 heavy (non-hydrogen) atoms. The number of hydrogen-bond acceptors (Lipinski definition) is 3. The van der Waals surface area contributed by atoms with Gasteiger partial charge in [-0.2, -0.15) is 4.39 Å². The Bertz CT molecular complexity index is 591. The zero-order valence-corrected chi connectivity index (χ0v) is 13.3. The predicted molar refractivity (Wildman–Crippen MR) is 79.5 cm³/mol. The van der Waals surface area contributed by atoms with E-state index >= 15 is 0 Å². The summed E-state index contributed by atoms with van der Waals surface area (Å²) in [6.07, 6.45) is 0.460. The first-order chi connectivity index (χ1) is 9.62. The first kappa shape index (κ1) is 16.1. The second kappa shape index (κ2) is 5.16. The van der Waals surface area contributed by atoms with Crippen molar-refractivity contribution in [2.45, 2.75) is 42.6 Å². The van der Waals surface area contributed by atoms with Crippen LogP contribution in [0.15, 0.2) is 12.1 Å². The summed E-state index contributed by atoms with van der Waals surface area (Å²) in [6, 6.07) is 2.62. The van der Waals surface area contributed by atoms with E-state index in [2.05, 4.69) is 0 Å². The van der Waals surface area contributed by atoms with Crippen LogP contribution in [0.2, 0.25) is 0 Å². The molecular formula is C15H19F2NO2S. The fourth-order valence-corrected chi connectivity index (χ4v) is 4.86. The number of carbonyl (C=O) groups excluding carboxylic acids is 1. The number of amides is 1. The molecule has 1 aromatic carbocycles. The number of thioether (sulfide) groups is 1. The molecule has 0 spiro atoms. The summed E-state index contributed by atoms with van der Waals surface area (Å²) >= 11 is 1.46. The van der Waals surface area contributed by atoms with Crippen LogP contribution >= 0.6 is 11.8 Å². The molecule has 116 valence electrons. The number of hydrogen-bond donors (Lipinski definition) is 1. The lowest BCUT2D eigenvalue weighted by molar-refractivity contribution is -0.120. The SMILES string of the molecule is COc1c(C2CC(C)(C(N)=O)SC2(C)C)ccc(F)c1F. The lowest BCUT2D eigenvalue weighted by atomic mass is 9.81. The number of primary amides is 1. The minimum atomic E-state index is -0.997. The third-order valence-corrected chi connectivity index (χ3v) is 5.73. The van der Waals surface area contributed by atoms with Crippen molar-refractivity contribution in [1.82, 2.24) is 0 Å². The van der Waals surface area contributed by atoms with Crippen molar-refractivity contribution in [2.24, 2.45) is 5.73 Å². The van der Waals surface area contributed by atoms with Gasteiger partial charge in [0, 0.05) is 16.2 Å². The molecule has 0 radical (unpaired) electrons. The average Bonchev–Trinajstić information content (AvgIpc) is 2.63. The minimum Gasteiger partial charge on any atom is -0.493 e. The molecule has 2 atom stereocenters. The number of benzene rings is 1. The lowest BCUT2D eigenvalue weighted by Gasteiger charge is -2.27. The fraction of sp³-hybridized carbons (Fsp3) is 0.533. The van der Waals surface area contributed by atoms with Crippen molar-refractivity contribution in [1.29, 1.82) is 0 Å². The van der Waals surface area contributed by atoms with Crippen LogP contribution in [-0.2, 0) is 4.79 Å². The van der Waals surface area contributed by atoms with Gasteiger partial charge in [0.15, 0.2) is 11.6 Å². The number of methoxy groups -OCH3 is 1. The molecule has 2 unspecified atom stereocenters. The number of rotatable bonds is 3. The molecule has 1 amide bonds. The van der Waals surface area contributed by atoms with Gasteiger partial charge in [-0.3, -0.25) is 4.79 Å². The van der Waals surface area contributed by atoms with E-state index in [0.29, 0.717) is 12.0 Å². The standard InChI is InChI=1S/C15H19F2NO2S/c1-14(2)9(7-15(3,21-14)13(18)19)8-5-6-10(16)11(17)12(8)20-4/h5-6,9H,7H2,1-4H3,(H2,18,19). The van der Waals surface area contributed by atoms with Gasteiger partial charge in [0.1, 0.15) is 0 Å². The molecule has 0 aromatic heterocycles. The van der Waals surface area contributed by atoms with Gasteiger partial charge in [0.2, 0.25) is 11.7 Å². The summed E-state index contributed by atoms with van der Waals surface area (Å²) in [6.45, 7) is 5.72. The van der Waals surface area contributed by atoms with Gasteiger partial charge in [-0.05, 0) is 19.4 Å². The number of carbonyl (C=O) groups is 1. The van der Waals surface area contributed by atoms with Crippen LogP contribution in [0.5, 0.6) is 5.75 Å². The summed E-state index contributed by atoms with van der Waals surface area (Å²) in [5.74, 6) is -2.60. The molecule has 1 saturated heterocycles. The van der Waals surface area contributed by atoms with E-state index in [1.807, 2.05) is 13.8 Å². The highest BCUT2D eigenvalue weighted by Gasteiger charge is 2.52. The van der Waals surface area contributed by atoms with Crippen LogP contribution in [0.3, 0.4) is 0 Å². The molecule has 3 nitrogen and oxygen atoms in total. The maximum atomic E-state index is 13.9. The highest BCUT2D eigenvalue weighted by atomic mass is 32.2. The molecule has 2 N–H and O–H groups in total. The van der Waals surface area contributed by atoms with Crippen LogP contribution in [0, 0.1) is 11.6 Å². The Morgan fingerprint density at radius 3 is 2.48 bits per heavy atom. The zero-order chi connectivity index (χ0) is 16.0. The lowest BCUT2D eigenvalue weighted by Crippen LogP contribution is -2.36. The number of ether oxygens (including phenoxy) is 1. The van der Waals surface area contributed by atoms with Crippen LogP contribution in [0.4, 0.5) is 8.78 Å². The maximum Gasteiger partial charge on any atom is 0.233 e. The molecule has 1 aliphatic rings. The average molecular weight is 315 g/mol. The maximum absolute atomic E-state index is 13.9. The molecule has 0 aliphatic carbocycles. The topological polar surface area (TPSA) is 52.3 Å². The second-order valence-electron chi connectivity index (χ2n) is 6.04. The van der Waals surface area contributed by atoms with E-state index in [4.69, 9.17) is 10.5 Å². The molecule has 1 heterocycles. The molecule has 1 fully saturated rings. The van der Waals surface area contributed by atoms with Gasteiger partial charge in [-0.1, -0.05) is 19.9 Å². The van der Waals surface area contributed by atoms with Gasteiger partial charge >= 0.3 is 0 Å². The van der Waals surface area contributed by atoms with Gasteiger partial charge < -0.3 is 10.5 Å². The first-order valence-corrected chi connectivity index (χ1v) is 7.46. The molecule has 0 bridgehead atoms. The highest BCUT2D eigenvalue weighted by Crippen LogP contribution is 2.59. The summed E-state index contributed by atoms with van der Waals surface area (Å²) < 4.78 is 31.3. The van der Waals surface area contributed by atoms with Gasteiger partial charge in [-0.25, -0.2) is 4.39 Å². The highest BCUT2D eigenvalue weighted by molar-refractivity contribution is 8.03. The minimum absolute atomic E-state index is 0.0950. The summed E-state index contributed by atoms with van der Waals surface area (Å²) in [5, 5.41) is 0. The van der Waals surface area contributed by atoms with Gasteiger partial charge in [0.05, 0.1) is 11.9 Å². The third kappa shape index (κ3) is 2.61. The molecule has 1 aliphatic heterocycles. The molecule has 0 saturated carbocycles.